The lowest BCUT2D eigenvalue weighted by Crippen LogP contribution is -2.23. The molecule has 0 aliphatic heterocycles. The molecule has 35 heavy (non-hydrogen) atoms. The monoisotopic (exact) mass is 467 g/mol. The number of aromatic hydroxyl groups is 1. The van der Waals surface area contributed by atoms with Crippen molar-refractivity contribution >= 4 is 23.5 Å². The zero-order valence-corrected chi connectivity index (χ0v) is 19.3. The number of benzene rings is 4. The molecule has 1 atom stereocenters. The van der Waals surface area contributed by atoms with Crippen LogP contribution in [0, 0.1) is 0 Å². The lowest BCUT2D eigenvalue weighted by atomic mass is 10.1. The summed E-state index contributed by atoms with van der Waals surface area (Å²) in [4.78, 5) is 10.6. The maximum absolute atomic E-state index is 10.6. The fourth-order valence-electron chi connectivity index (χ4n) is 3.86. The van der Waals surface area contributed by atoms with Crippen LogP contribution in [0.25, 0.3) is 11.1 Å². The number of carbonyl (C=O) groups is 1. The van der Waals surface area contributed by atoms with Gasteiger partial charge in [0.25, 0.3) is 0 Å². The number of carbonyl (C=O) groups excluding carboxylic acids is 1. The fraction of sp³-hybridized carbons (Fsp3) is 0.138. The topological polar surface area (TPSA) is 93.6 Å². The van der Waals surface area contributed by atoms with Gasteiger partial charge in [-0.15, -0.1) is 0 Å². The molecular formula is C29H29N3O3. The normalized spacial score (nSPS) is 11.6. The van der Waals surface area contributed by atoms with Crippen molar-refractivity contribution in [3.8, 4) is 16.9 Å². The molecule has 0 unspecified atom stereocenters. The SMILES string of the molecule is O=CNc1cc([C@@H](O)CNCCc2ccc(Nc3cccc(-c4ccccc4)c3)cc2)ccc1O. The lowest BCUT2D eigenvalue weighted by molar-refractivity contribution is -0.105. The van der Waals surface area contributed by atoms with Gasteiger partial charge in [-0.2, -0.15) is 0 Å². The Hall–Kier alpha value is -4.13. The molecule has 1 amide bonds. The summed E-state index contributed by atoms with van der Waals surface area (Å²) < 4.78 is 0. The molecule has 0 bridgehead atoms. The summed E-state index contributed by atoms with van der Waals surface area (Å²) in [6, 6.07) is 31.7. The minimum atomic E-state index is -0.749. The van der Waals surface area contributed by atoms with E-state index < -0.39 is 6.10 Å². The largest absolute Gasteiger partial charge is 0.506 e. The van der Waals surface area contributed by atoms with Gasteiger partial charge in [0.2, 0.25) is 6.41 Å². The summed E-state index contributed by atoms with van der Waals surface area (Å²) in [6.45, 7) is 1.07. The Bertz CT molecular complexity index is 1240. The molecule has 6 nitrogen and oxygen atoms in total. The van der Waals surface area contributed by atoms with Crippen LogP contribution in [0.4, 0.5) is 17.1 Å². The van der Waals surface area contributed by atoms with Gasteiger partial charge in [-0.05, 0) is 71.6 Å². The molecule has 5 N–H and O–H groups in total. The second-order valence-electron chi connectivity index (χ2n) is 8.28. The Labute approximate surface area is 205 Å². The molecule has 0 saturated carbocycles. The van der Waals surface area contributed by atoms with Crippen LogP contribution in [0.1, 0.15) is 17.2 Å². The highest BCUT2D eigenvalue weighted by Crippen LogP contribution is 2.27. The minimum Gasteiger partial charge on any atom is -0.506 e. The molecule has 0 aliphatic carbocycles. The lowest BCUT2D eigenvalue weighted by Gasteiger charge is -2.14. The van der Waals surface area contributed by atoms with Crippen molar-refractivity contribution in [1.82, 2.24) is 5.32 Å². The van der Waals surface area contributed by atoms with Crippen molar-refractivity contribution in [3.05, 3.63) is 108 Å². The second kappa shape index (κ2) is 11.8. The molecule has 0 aromatic heterocycles. The molecule has 0 heterocycles. The summed E-state index contributed by atoms with van der Waals surface area (Å²) >= 11 is 0. The number of phenolic OH excluding ortho intramolecular Hbond substituents is 1. The quantitative estimate of drug-likeness (QED) is 0.118. The highest BCUT2D eigenvalue weighted by Gasteiger charge is 2.10. The first-order valence-electron chi connectivity index (χ1n) is 11.6. The standard InChI is InChI=1S/C29H29N3O3/c33-20-31-27-18-24(11-14-28(27)34)29(35)19-30-16-15-21-9-12-25(13-10-21)32-26-8-4-7-23(17-26)22-5-2-1-3-6-22/h1-14,17-18,20,29-30,32,34-35H,15-16,19H2,(H,31,33)/t29-/m0/s1. The van der Waals surface area contributed by atoms with Crippen molar-refractivity contribution < 1.29 is 15.0 Å². The molecule has 4 aromatic carbocycles. The Kier molecular flexibility index (Phi) is 8.12. The number of aliphatic hydroxyl groups is 1. The predicted molar refractivity (Wildman–Crippen MR) is 141 cm³/mol. The molecule has 0 fully saturated rings. The number of rotatable bonds is 11. The Balaban J connectivity index is 1.26. The summed E-state index contributed by atoms with van der Waals surface area (Å²) in [5.74, 6) is -0.0390. The van der Waals surface area contributed by atoms with Gasteiger partial charge < -0.3 is 26.2 Å². The van der Waals surface area contributed by atoms with Gasteiger partial charge in [-0.1, -0.05) is 60.7 Å². The fourth-order valence-corrected chi connectivity index (χ4v) is 3.86. The van der Waals surface area contributed by atoms with E-state index in [2.05, 4.69) is 76.6 Å². The summed E-state index contributed by atoms with van der Waals surface area (Å²) in [6.07, 6.45) is 0.567. The van der Waals surface area contributed by atoms with E-state index in [1.807, 2.05) is 18.2 Å². The number of amides is 1. The minimum absolute atomic E-state index is 0.0390. The molecular weight excluding hydrogens is 438 g/mol. The molecule has 6 heteroatoms. The van der Waals surface area contributed by atoms with E-state index in [0.29, 0.717) is 25.1 Å². The first-order valence-corrected chi connectivity index (χ1v) is 11.6. The number of hydrogen-bond donors (Lipinski definition) is 5. The number of aliphatic hydroxyl groups excluding tert-OH is 1. The molecule has 4 aromatic rings. The Morgan fingerprint density at radius 3 is 2.34 bits per heavy atom. The third-order valence-corrected chi connectivity index (χ3v) is 5.76. The van der Waals surface area contributed by atoms with Crippen molar-refractivity contribution in [2.24, 2.45) is 0 Å². The predicted octanol–water partition coefficient (Wildman–Crippen LogP) is 5.24. The Morgan fingerprint density at radius 2 is 1.57 bits per heavy atom. The first-order chi connectivity index (χ1) is 17.1. The summed E-state index contributed by atoms with van der Waals surface area (Å²) in [5.41, 5.74) is 6.50. The zero-order chi connectivity index (χ0) is 24.5. The second-order valence-corrected chi connectivity index (χ2v) is 8.28. The van der Waals surface area contributed by atoms with E-state index in [4.69, 9.17) is 0 Å². The third kappa shape index (κ3) is 6.69. The van der Waals surface area contributed by atoms with Gasteiger partial charge in [0.15, 0.2) is 0 Å². The first kappa shape index (κ1) is 24.0. The van der Waals surface area contributed by atoms with Crippen LogP contribution in [0.15, 0.2) is 97.1 Å². The third-order valence-electron chi connectivity index (χ3n) is 5.76. The molecule has 0 radical (unpaired) electrons. The van der Waals surface area contributed by atoms with E-state index in [9.17, 15) is 15.0 Å². The number of phenols is 1. The van der Waals surface area contributed by atoms with Crippen LogP contribution in [0.2, 0.25) is 0 Å². The maximum atomic E-state index is 10.6. The van der Waals surface area contributed by atoms with Gasteiger partial charge in [-0.25, -0.2) is 0 Å². The van der Waals surface area contributed by atoms with E-state index in [0.717, 1.165) is 17.8 Å². The average molecular weight is 468 g/mol. The van der Waals surface area contributed by atoms with Crippen LogP contribution in [-0.4, -0.2) is 29.7 Å². The zero-order valence-electron chi connectivity index (χ0n) is 19.3. The van der Waals surface area contributed by atoms with E-state index in [1.54, 1.807) is 12.1 Å². The van der Waals surface area contributed by atoms with Crippen LogP contribution in [-0.2, 0) is 11.2 Å². The van der Waals surface area contributed by atoms with E-state index in [1.165, 1.54) is 22.8 Å². The molecule has 178 valence electrons. The van der Waals surface area contributed by atoms with Gasteiger partial charge in [0, 0.05) is 17.9 Å². The highest BCUT2D eigenvalue weighted by atomic mass is 16.3. The van der Waals surface area contributed by atoms with Crippen molar-refractivity contribution in [2.45, 2.75) is 12.5 Å². The van der Waals surface area contributed by atoms with Crippen LogP contribution < -0.4 is 16.0 Å². The molecule has 0 saturated heterocycles. The molecule has 0 spiro atoms. The van der Waals surface area contributed by atoms with Crippen molar-refractivity contribution in [1.29, 1.82) is 0 Å². The van der Waals surface area contributed by atoms with E-state index >= 15 is 0 Å². The summed E-state index contributed by atoms with van der Waals surface area (Å²) in [7, 11) is 0. The average Bonchev–Trinajstić information content (AvgIpc) is 2.89. The highest BCUT2D eigenvalue weighted by molar-refractivity contribution is 5.75. The Morgan fingerprint density at radius 1 is 0.800 bits per heavy atom. The van der Waals surface area contributed by atoms with Crippen molar-refractivity contribution in [2.75, 3.05) is 23.7 Å². The summed E-state index contributed by atoms with van der Waals surface area (Å²) in [5, 5.41) is 29.3. The smallest absolute Gasteiger partial charge is 0.211 e. The van der Waals surface area contributed by atoms with E-state index in [-0.39, 0.29) is 11.4 Å². The molecule has 0 aliphatic rings. The maximum Gasteiger partial charge on any atom is 0.211 e. The van der Waals surface area contributed by atoms with Crippen molar-refractivity contribution in [3.63, 3.8) is 0 Å². The number of hydrogen-bond acceptors (Lipinski definition) is 5. The van der Waals surface area contributed by atoms with Crippen LogP contribution in [0.5, 0.6) is 5.75 Å². The molecule has 4 rings (SSSR count). The van der Waals surface area contributed by atoms with Gasteiger partial charge in [0.05, 0.1) is 11.8 Å². The number of anilines is 3. The van der Waals surface area contributed by atoms with Crippen LogP contribution >= 0.6 is 0 Å². The van der Waals surface area contributed by atoms with Gasteiger partial charge >= 0.3 is 0 Å². The van der Waals surface area contributed by atoms with Gasteiger partial charge in [-0.3, -0.25) is 4.79 Å². The van der Waals surface area contributed by atoms with Gasteiger partial charge in [0.1, 0.15) is 5.75 Å². The van der Waals surface area contributed by atoms with Crippen LogP contribution in [0.3, 0.4) is 0 Å². The number of nitrogens with one attached hydrogen (secondary N) is 3.